The van der Waals surface area contributed by atoms with E-state index in [1.54, 1.807) is 12.1 Å². The van der Waals surface area contributed by atoms with Crippen LogP contribution in [0.4, 0.5) is 4.39 Å². The number of β-amino-alcohol motifs (C(OH)–C–C–N with tert-alkyl or cyclic N) is 1. The Morgan fingerprint density at radius 2 is 2.20 bits per heavy atom. The maximum absolute atomic E-state index is 12.9. The lowest BCUT2D eigenvalue weighted by Crippen LogP contribution is -2.60. The highest BCUT2D eigenvalue weighted by Crippen LogP contribution is 2.25. The van der Waals surface area contributed by atoms with E-state index in [0.29, 0.717) is 13.1 Å². The van der Waals surface area contributed by atoms with E-state index in [-0.39, 0.29) is 5.82 Å². The second kappa shape index (κ2) is 3.91. The molecule has 1 aliphatic heterocycles. The molecule has 82 valence electrons. The Morgan fingerprint density at radius 1 is 1.47 bits per heavy atom. The number of benzene rings is 1. The molecule has 0 atom stereocenters. The van der Waals surface area contributed by atoms with Crippen LogP contribution >= 0.6 is 0 Å². The highest BCUT2D eigenvalue weighted by molar-refractivity contribution is 5.17. The minimum atomic E-state index is -0.507. The monoisotopic (exact) mass is 209 g/mol. The topological polar surface area (TPSA) is 23.5 Å². The first-order valence-corrected chi connectivity index (χ1v) is 5.30. The SMILES string of the molecule is CCC1(O)CN(Cc2cccc(F)c2)C1. The smallest absolute Gasteiger partial charge is 0.123 e. The van der Waals surface area contributed by atoms with Crippen molar-refractivity contribution in [3.63, 3.8) is 0 Å². The van der Waals surface area contributed by atoms with Crippen LogP contribution < -0.4 is 0 Å². The Hall–Kier alpha value is -0.930. The highest BCUT2D eigenvalue weighted by Gasteiger charge is 2.38. The Bertz CT molecular complexity index is 347. The predicted molar refractivity (Wildman–Crippen MR) is 56.9 cm³/mol. The van der Waals surface area contributed by atoms with Gasteiger partial charge in [0.1, 0.15) is 5.82 Å². The fourth-order valence-corrected chi connectivity index (χ4v) is 2.02. The van der Waals surface area contributed by atoms with E-state index in [1.807, 2.05) is 13.0 Å². The first-order valence-electron chi connectivity index (χ1n) is 5.30. The molecule has 2 rings (SSSR count). The normalized spacial score (nSPS) is 19.9. The molecule has 1 N–H and O–H groups in total. The van der Waals surface area contributed by atoms with Gasteiger partial charge in [0.25, 0.3) is 0 Å². The van der Waals surface area contributed by atoms with Crippen LogP contribution in [0.1, 0.15) is 18.9 Å². The maximum atomic E-state index is 12.9. The van der Waals surface area contributed by atoms with Crippen molar-refractivity contribution in [2.45, 2.75) is 25.5 Å². The standard InChI is InChI=1S/C12H16FNO/c1-2-12(15)8-14(9-12)7-10-4-3-5-11(13)6-10/h3-6,15H,2,7-9H2,1H3. The van der Waals surface area contributed by atoms with Crippen LogP contribution in [0.25, 0.3) is 0 Å². The third-order valence-electron chi connectivity index (χ3n) is 2.99. The second-order valence-corrected chi connectivity index (χ2v) is 4.35. The maximum Gasteiger partial charge on any atom is 0.123 e. The first kappa shape index (κ1) is 10.6. The number of halogens is 1. The largest absolute Gasteiger partial charge is 0.387 e. The fraction of sp³-hybridized carbons (Fsp3) is 0.500. The van der Waals surface area contributed by atoms with E-state index >= 15 is 0 Å². The summed E-state index contributed by atoms with van der Waals surface area (Å²) in [7, 11) is 0. The van der Waals surface area contributed by atoms with Crippen molar-refractivity contribution in [2.24, 2.45) is 0 Å². The van der Waals surface area contributed by atoms with Gasteiger partial charge < -0.3 is 5.11 Å². The molecule has 0 aliphatic carbocycles. The van der Waals surface area contributed by atoms with Crippen molar-refractivity contribution in [2.75, 3.05) is 13.1 Å². The molecule has 0 amide bonds. The molecule has 0 saturated carbocycles. The summed E-state index contributed by atoms with van der Waals surface area (Å²) >= 11 is 0. The summed E-state index contributed by atoms with van der Waals surface area (Å²) in [6.07, 6.45) is 0.784. The molecule has 3 heteroatoms. The van der Waals surface area contributed by atoms with Gasteiger partial charge in [0.2, 0.25) is 0 Å². The predicted octanol–water partition coefficient (Wildman–Crippen LogP) is 1.78. The van der Waals surface area contributed by atoms with Crippen LogP contribution in [0.3, 0.4) is 0 Å². The number of likely N-dealkylation sites (tertiary alicyclic amines) is 1. The molecule has 1 heterocycles. The zero-order chi connectivity index (χ0) is 10.9. The molecular weight excluding hydrogens is 193 g/mol. The number of nitrogens with zero attached hydrogens (tertiary/aromatic N) is 1. The van der Waals surface area contributed by atoms with E-state index in [0.717, 1.165) is 18.5 Å². The Morgan fingerprint density at radius 3 is 2.80 bits per heavy atom. The molecule has 1 fully saturated rings. The molecule has 0 radical (unpaired) electrons. The van der Waals surface area contributed by atoms with Gasteiger partial charge in [-0.05, 0) is 24.1 Å². The molecule has 0 unspecified atom stereocenters. The molecule has 15 heavy (non-hydrogen) atoms. The average molecular weight is 209 g/mol. The third kappa shape index (κ3) is 2.36. The molecular formula is C12H16FNO. The van der Waals surface area contributed by atoms with Crippen LogP contribution in [-0.2, 0) is 6.54 Å². The Balaban J connectivity index is 1.90. The van der Waals surface area contributed by atoms with Crippen LogP contribution in [-0.4, -0.2) is 28.7 Å². The number of rotatable bonds is 3. The minimum absolute atomic E-state index is 0.196. The van der Waals surface area contributed by atoms with E-state index in [4.69, 9.17) is 0 Å². The quantitative estimate of drug-likeness (QED) is 0.820. The molecule has 0 aromatic heterocycles. The summed E-state index contributed by atoms with van der Waals surface area (Å²) < 4.78 is 12.9. The van der Waals surface area contributed by atoms with Gasteiger partial charge in [-0.3, -0.25) is 4.90 Å². The molecule has 1 aromatic carbocycles. The van der Waals surface area contributed by atoms with Crippen molar-refractivity contribution in [3.05, 3.63) is 35.6 Å². The highest BCUT2D eigenvalue weighted by atomic mass is 19.1. The van der Waals surface area contributed by atoms with Crippen LogP contribution in [0, 0.1) is 5.82 Å². The Labute approximate surface area is 89.3 Å². The van der Waals surface area contributed by atoms with Gasteiger partial charge >= 0.3 is 0 Å². The third-order valence-corrected chi connectivity index (χ3v) is 2.99. The lowest BCUT2D eigenvalue weighted by Gasteiger charge is -2.46. The number of aliphatic hydroxyl groups is 1. The van der Waals surface area contributed by atoms with E-state index < -0.39 is 5.60 Å². The van der Waals surface area contributed by atoms with Crippen molar-refractivity contribution in [3.8, 4) is 0 Å². The van der Waals surface area contributed by atoms with Gasteiger partial charge in [0.15, 0.2) is 0 Å². The second-order valence-electron chi connectivity index (χ2n) is 4.35. The van der Waals surface area contributed by atoms with Gasteiger partial charge in [-0.2, -0.15) is 0 Å². The van der Waals surface area contributed by atoms with Crippen LogP contribution in [0.5, 0.6) is 0 Å². The van der Waals surface area contributed by atoms with E-state index in [2.05, 4.69) is 4.90 Å². The van der Waals surface area contributed by atoms with Gasteiger partial charge in [0, 0.05) is 19.6 Å². The summed E-state index contributed by atoms with van der Waals surface area (Å²) in [5, 5.41) is 9.81. The summed E-state index contributed by atoms with van der Waals surface area (Å²) in [6.45, 7) is 4.10. The van der Waals surface area contributed by atoms with Crippen molar-refractivity contribution < 1.29 is 9.50 Å². The number of hydrogen-bond acceptors (Lipinski definition) is 2. The first-order chi connectivity index (χ1) is 7.11. The van der Waals surface area contributed by atoms with Gasteiger partial charge in [-0.1, -0.05) is 19.1 Å². The van der Waals surface area contributed by atoms with Gasteiger partial charge in [-0.15, -0.1) is 0 Å². The Kier molecular flexibility index (Phi) is 2.76. The van der Waals surface area contributed by atoms with Crippen molar-refractivity contribution >= 4 is 0 Å². The zero-order valence-electron chi connectivity index (χ0n) is 8.91. The molecule has 1 aliphatic rings. The average Bonchev–Trinajstić information content (AvgIpc) is 2.15. The lowest BCUT2D eigenvalue weighted by molar-refractivity contribution is -0.103. The number of hydrogen-bond donors (Lipinski definition) is 1. The van der Waals surface area contributed by atoms with Gasteiger partial charge in [-0.25, -0.2) is 4.39 Å². The van der Waals surface area contributed by atoms with Crippen molar-refractivity contribution in [1.29, 1.82) is 0 Å². The molecule has 0 spiro atoms. The van der Waals surface area contributed by atoms with Crippen molar-refractivity contribution in [1.82, 2.24) is 4.90 Å². The van der Waals surface area contributed by atoms with E-state index in [1.165, 1.54) is 6.07 Å². The molecule has 0 bridgehead atoms. The molecule has 1 saturated heterocycles. The minimum Gasteiger partial charge on any atom is -0.387 e. The summed E-state index contributed by atoms with van der Waals surface area (Å²) in [5.74, 6) is -0.196. The summed E-state index contributed by atoms with van der Waals surface area (Å²) in [5.41, 5.74) is 0.459. The zero-order valence-corrected chi connectivity index (χ0v) is 8.91. The lowest BCUT2D eigenvalue weighted by atomic mass is 9.91. The molecule has 1 aromatic rings. The summed E-state index contributed by atoms with van der Waals surface area (Å²) in [6, 6.07) is 6.62. The van der Waals surface area contributed by atoms with Crippen LogP contribution in [0.2, 0.25) is 0 Å². The van der Waals surface area contributed by atoms with Gasteiger partial charge in [0.05, 0.1) is 5.60 Å². The van der Waals surface area contributed by atoms with Crippen LogP contribution in [0.15, 0.2) is 24.3 Å². The summed E-state index contributed by atoms with van der Waals surface area (Å²) in [4.78, 5) is 2.12. The van der Waals surface area contributed by atoms with E-state index in [9.17, 15) is 9.50 Å². The molecule has 2 nitrogen and oxygen atoms in total. The fourth-order valence-electron chi connectivity index (χ4n) is 2.02.